The zero-order chi connectivity index (χ0) is 153. The van der Waals surface area contributed by atoms with Crippen molar-refractivity contribution in [2.24, 2.45) is 59.0 Å². The monoisotopic (exact) mass is 1680 g/mol. The average Bonchev–Trinajstić information content (AvgIpc) is 0.625. The van der Waals surface area contributed by atoms with Crippen LogP contribution in [0.5, 0.6) is 57.5 Å². The maximum Gasteiger partial charge on any atom is 0.161 e. The van der Waals surface area contributed by atoms with E-state index in [1.54, 1.807) is 0 Å². The Kier molecular flexibility index (Phi) is 11.4. The SMILES string of the molecule is [2H]c1c(OC([2H])([2H])[2H])c(OC)c([2H])c2c1C1([2H])CC(O)C(C([2H])([2H])C([2H])(C)C([2H])([2H])[2H])C([2H])([2H])N1C([2H])([2H])C2([2H])[2H].[2H]c1c(OC)c(OC([2H])([2H])[2H])c([2H])c2c1C([2H])([2H])C([2H])([2H])N1C([2H])([2H])C([2H])(CC(C)C)C([2H])(O)C([2H])([2H])C21[2H].[2H]c1c(OC)c(OC)c([2H])c2c1C([2H])([2H])C([2H])([2H])N1C([2H])([2H])C([2H])(C([2H])([2H])C([2H])(C)C([2H])([2H])[2H])C([2H])(O)C([2H])([2H])C21[2H].[2H]c1c(OC)c(OC)c([2H])c2c1C([2H])([2H])C([2H])([2H])N1C([2H])([2H])C([2H])(CC(C)C)C([2H])(O)C([2H])([2H])C21[2H].[2H]c1c(OC)c(OC)c([2H])c2c1C([2H])([2H])C([2H])([2H])N1C([2H])([2H])C([2H])(CC(C)C)C([2H])(O)C([2H])([2H])C21[2H]. The summed E-state index contributed by atoms with van der Waals surface area (Å²) in [6.45, 7) is -34.4. The molecule has 10 heterocycles. The minimum Gasteiger partial charge on any atom is -0.493 e. The zero-order valence-electron chi connectivity index (χ0n) is 144. The van der Waals surface area contributed by atoms with Gasteiger partial charge in [-0.05, 0) is 271 Å². The van der Waals surface area contributed by atoms with Gasteiger partial charge in [-0.15, -0.1) is 0 Å². The Bertz CT molecular complexity index is 7830. The first kappa shape index (κ1) is 32.3. The minimum atomic E-state index is -4.57. The van der Waals surface area contributed by atoms with E-state index in [2.05, 4.69) is 0 Å². The van der Waals surface area contributed by atoms with Crippen LogP contribution in [-0.2, 0) is 31.9 Å². The van der Waals surface area contributed by atoms with Crippen molar-refractivity contribution in [3.8, 4) is 57.5 Å². The highest BCUT2D eigenvalue weighted by Gasteiger charge is 2.45. The number of ether oxygens (including phenoxy) is 10. The number of nitrogens with zero attached hydrogens (tertiary/aromatic N) is 5. The average molecular weight is 1680 g/mol. The van der Waals surface area contributed by atoms with Gasteiger partial charge in [0.15, 0.2) is 57.5 Å². The quantitative estimate of drug-likeness (QED) is 0.0491. The summed E-state index contributed by atoms with van der Waals surface area (Å²) >= 11 is 0. The lowest BCUT2D eigenvalue weighted by atomic mass is 9.79. The fraction of sp³-hybridized carbons (Fsp3) is 0.684. The van der Waals surface area contributed by atoms with E-state index in [9.17, 15) is 32.4 Å². The molecule has 115 heavy (non-hydrogen) atoms. The van der Waals surface area contributed by atoms with Crippen molar-refractivity contribution in [2.45, 2.75) is 225 Å². The summed E-state index contributed by atoms with van der Waals surface area (Å²) < 4.78 is 725. The normalized spacial score (nSPS) is 55.9. The lowest BCUT2D eigenvalue weighted by molar-refractivity contribution is -0.0192. The van der Waals surface area contributed by atoms with Crippen LogP contribution >= 0.6 is 0 Å². The van der Waals surface area contributed by atoms with Crippen LogP contribution in [0.15, 0.2) is 60.4 Å². The van der Waals surface area contributed by atoms with Crippen LogP contribution < -0.4 is 47.4 Å². The number of fused-ring (bicyclic) bond motifs is 15. The molecule has 5 aromatic rings. The molecule has 0 bridgehead atoms. The molecule has 0 radical (unpaired) electrons. The molecule has 10 aliphatic rings. The van der Waals surface area contributed by atoms with E-state index in [0.29, 0.717) is 13.8 Å². The van der Waals surface area contributed by atoms with Crippen LogP contribution in [0.1, 0.15) is 327 Å². The van der Waals surface area contributed by atoms with Crippen LogP contribution in [0.25, 0.3) is 0 Å². The third kappa shape index (κ3) is 21.1. The maximum atomic E-state index is 11.5. The first-order valence-electron chi connectivity index (χ1n) is 74.6. The van der Waals surface area contributed by atoms with Gasteiger partial charge in [-0.2, -0.15) is 0 Å². The summed E-state index contributed by atoms with van der Waals surface area (Å²) in [5, 5.41) is 56.4. The Morgan fingerprint density at radius 1 is 0.365 bits per heavy atom. The van der Waals surface area contributed by atoms with Crippen LogP contribution in [0.3, 0.4) is 0 Å². The van der Waals surface area contributed by atoms with Gasteiger partial charge in [0.05, 0.1) is 136 Å². The molecular weight excluding hydrogens is 1450 g/mol. The third-order valence-electron chi connectivity index (χ3n) is 16.9. The highest BCUT2D eigenvalue weighted by Crippen LogP contribution is 2.50. The van der Waals surface area contributed by atoms with Gasteiger partial charge in [0.2, 0.25) is 0 Å². The second kappa shape index (κ2) is 40.6. The smallest absolute Gasteiger partial charge is 0.161 e. The van der Waals surface area contributed by atoms with Gasteiger partial charge in [0.25, 0.3) is 0 Å². The molecule has 0 saturated carbocycles. The third-order valence-corrected chi connectivity index (χ3v) is 16.9. The number of aliphatic hydroxyl groups excluding tert-OH is 1. The Hall–Kier alpha value is -6.30. The summed E-state index contributed by atoms with van der Waals surface area (Å²) in [6.07, 6.45) is -62.0. The van der Waals surface area contributed by atoms with Crippen molar-refractivity contribution < 1.29 is 181 Å². The van der Waals surface area contributed by atoms with Crippen LogP contribution in [0.2, 0.25) is 0 Å². The number of piperidine rings is 5. The number of rotatable bonds is 20. The Balaban J connectivity index is 0.000000224. The summed E-state index contributed by atoms with van der Waals surface area (Å²) in [4.78, 5) is -1.18. The molecule has 0 aromatic heterocycles. The molecule has 10 aliphatic heterocycles. The van der Waals surface area contributed by atoms with Gasteiger partial charge in [-0.1, -0.05) is 69.1 Å². The molecule has 0 amide bonds. The van der Waals surface area contributed by atoms with Crippen molar-refractivity contribution >= 4 is 0 Å². The number of aliphatic hydroxyl groups is 5. The lowest BCUT2D eigenvalue weighted by Gasteiger charge is -2.46. The molecule has 0 aliphatic carbocycles. The van der Waals surface area contributed by atoms with Gasteiger partial charge >= 0.3 is 0 Å². The van der Waals surface area contributed by atoms with Gasteiger partial charge in [0, 0.05) is 169 Å². The largest absolute Gasteiger partial charge is 0.493 e. The van der Waals surface area contributed by atoms with E-state index in [1.165, 1.54) is 41.5 Å². The fourth-order valence-corrected chi connectivity index (χ4v) is 11.8. The summed E-state index contributed by atoms with van der Waals surface area (Å²) in [5.41, 5.74) is -10.8. The van der Waals surface area contributed by atoms with Crippen molar-refractivity contribution in [2.75, 3.05) is 136 Å². The molecule has 5 fully saturated rings. The van der Waals surface area contributed by atoms with E-state index < -0.39 is 487 Å². The van der Waals surface area contributed by atoms with Crippen molar-refractivity contribution in [3.05, 3.63) is 116 Å². The van der Waals surface area contributed by atoms with Crippen LogP contribution in [0, 0.1) is 59.0 Å². The number of hydrogen-bond acceptors (Lipinski definition) is 20. The predicted octanol–water partition coefficient (Wildman–Crippen LogP) is 15.1. The van der Waals surface area contributed by atoms with E-state index in [1.807, 2.05) is 0 Å². The second-order valence-corrected chi connectivity index (χ2v) is 26.7. The summed E-state index contributed by atoms with van der Waals surface area (Å²) in [6, 6.07) is -27.9. The molecule has 17 atom stereocenters. The van der Waals surface area contributed by atoms with Gasteiger partial charge in [0.1, 0.15) is 0 Å². The molecule has 20 nitrogen and oxygen atoms in total. The van der Waals surface area contributed by atoms with E-state index in [0.717, 1.165) is 56.9 Å². The van der Waals surface area contributed by atoms with E-state index in [-0.39, 0.29) is 19.6 Å². The first-order valence-corrected chi connectivity index (χ1v) is 35.1. The topological polar surface area (TPSA) is 210 Å². The molecular formula is C95H145N5O15. The Morgan fingerprint density at radius 3 is 0.878 bits per heavy atom. The Labute approximate surface area is 800 Å². The van der Waals surface area contributed by atoms with E-state index in [4.69, 9.17) is 149 Å². The van der Waals surface area contributed by atoms with Crippen molar-refractivity contribution in [1.82, 2.24) is 24.5 Å². The minimum absolute atomic E-state index is 0.0801. The predicted molar refractivity (Wildman–Crippen MR) is 456 cm³/mol. The van der Waals surface area contributed by atoms with Crippen LogP contribution in [0.4, 0.5) is 0 Å². The standard InChI is InChI=1S/5C19H29NO3/c5*1-12(2)7-14-11-20-6-5-13-8-18(22-3)19(23-4)9-15(13)16(20)10-17(14)21/h5*8-9,12,14,16-17,21H,5-7,10-11H2,1-4H3/i1D3,5D2,6D2,7D2,8D,9D,10D2,11D2,12D,14D,16D,17D;4D3,5D2,6D2,8D,9D,10D2,11D2,14D,16D,17D;1D3,4D3,5D2,6D2,7D2,8D,9D,11D2,12D,16D;2*5D2,6D2,8D,9D,10D2,11D2,14D,16D,17D. The molecule has 5 saturated heterocycles. The van der Waals surface area contributed by atoms with Gasteiger partial charge < -0.3 is 72.9 Å². The van der Waals surface area contributed by atoms with Gasteiger partial charge in [-0.3, -0.25) is 24.5 Å². The molecule has 17 unspecified atom stereocenters. The maximum absolute atomic E-state index is 11.5. The molecule has 20 heteroatoms. The van der Waals surface area contributed by atoms with Crippen molar-refractivity contribution in [3.63, 3.8) is 0 Å². The summed E-state index contributed by atoms with van der Waals surface area (Å²) in [5.74, 6) is -32.1. The van der Waals surface area contributed by atoms with Gasteiger partial charge in [-0.25, -0.2) is 0 Å². The Morgan fingerprint density at radius 2 is 0.609 bits per heavy atom. The number of benzene rings is 5. The first-order chi connectivity index (χ1) is 85.4. The number of methoxy groups -OCH3 is 10. The second-order valence-electron chi connectivity index (χ2n) is 26.7. The molecule has 5 N–H and O–H groups in total. The highest BCUT2D eigenvalue weighted by atomic mass is 16.5. The summed E-state index contributed by atoms with van der Waals surface area (Å²) in [7, 11) is 1.55. The fourth-order valence-electron chi connectivity index (χ4n) is 11.8. The highest BCUT2D eigenvalue weighted by molar-refractivity contribution is 5.54. The molecule has 640 valence electrons. The number of hydrogen-bond donors (Lipinski definition) is 5. The molecule has 5 aromatic carbocycles. The lowest BCUT2D eigenvalue weighted by Crippen LogP contribution is -2.48. The van der Waals surface area contributed by atoms with Crippen LogP contribution in [-0.4, -0.2) is 216 Å². The zero-order valence-corrected chi connectivity index (χ0v) is 65.3. The molecule has 15 rings (SSSR count). The van der Waals surface area contributed by atoms with Crippen molar-refractivity contribution in [1.29, 1.82) is 0 Å². The van der Waals surface area contributed by atoms with E-state index >= 15 is 0 Å². The molecule has 0 spiro atoms.